The lowest BCUT2D eigenvalue weighted by Gasteiger charge is -2.26. The molecule has 4 nitrogen and oxygen atoms in total. The molecule has 0 bridgehead atoms. The fraction of sp³-hybridized carbons (Fsp3) is 0.385. The van der Waals surface area contributed by atoms with Gasteiger partial charge in [-0.05, 0) is 36.4 Å². The van der Waals surface area contributed by atoms with Gasteiger partial charge in [0.2, 0.25) is 0 Å². The van der Waals surface area contributed by atoms with Gasteiger partial charge in [0, 0.05) is 25.0 Å². The zero-order valence-corrected chi connectivity index (χ0v) is 11.3. The number of carbonyl (C=O) groups is 1. The molecule has 3 rings (SSSR count). The van der Waals surface area contributed by atoms with Crippen molar-refractivity contribution in [1.29, 1.82) is 0 Å². The molecule has 1 amide bonds. The zero-order valence-electron chi connectivity index (χ0n) is 10.5. The summed E-state index contributed by atoms with van der Waals surface area (Å²) < 4.78 is 1.67. The minimum atomic E-state index is 0.0787. The number of nitrogens with zero attached hydrogens (tertiary/aromatic N) is 3. The summed E-state index contributed by atoms with van der Waals surface area (Å²) in [6.07, 6.45) is 0.968. The molecule has 5 heteroatoms. The Hall–Kier alpha value is -1.62. The standard InChI is InChI=1S/C13H15N3OS/c1-9-7-11(15(2)14-9)13(17)16-5-3-12-10(8-16)4-6-18-12/h4,6-7H,3,5,8H2,1-2H3. The lowest BCUT2D eigenvalue weighted by atomic mass is 10.1. The maximum Gasteiger partial charge on any atom is 0.272 e. The predicted octanol–water partition coefficient (Wildman–Crippen LogP) is 1.99. The lowest BCUT2D eigenvalue weighted by molar-refractivity contribution is 0.0724. The van der Waals surface area contributed by atoms with Crippen molar-refractivity contribution in [2.24, 2.45) is 7.05 Å². The van der Waals surface area contributed by atoms with Crippen LogP contribution in [0.4, 0.5) is 0 Å². The van der Waals surface area contributed by atoms with Crippen LogP contribution in [-0.4, -0.2) is 27.1 Å². The molecule has 0 saturated heterocycles. The highest BCUT2D eigenvalue weighted by molar-refractivity contribution is 7.10. The number of hydrogen-bond donors (Lipinski definition) is 0. The second kappa shape index (κ2) is 4.24. The van der Waals surface area contributed by atoms with Crippen molar-refractivity contribution in [1.82, 2.24) is 14.7 Å². The van der Waals surface area contributed by atoms with Crippen molar-refractivity contribution in [3.05, 3.63) is 39.3 Å². The van der Waals surface area contributed by atoms with Crippen LogP contribution in [0.1, 0.15) is 26.6 Å². The first kappa shape index (κ1) is 11.5. The summed E-state index contributed by atoms with van der Waals surface area (Å²) in [6, 6.07) is 3.97. The topological polar surface area (TPSA) is 38.1 Å². The van der Waals surface area contributed by atoms with Gasteiger partial charge in [-0.25, -0.2) is 0 Å². The Bertz CT molecular complexity index is 599. The average molecular weight is 261 g/mol. The number of rotatable bonds is 1. The van der Waals surface area contributed by atoms with Crippen molar-refractivity contribution in [3.8, 4) is 0 Å². The monoisotopic (exact) mass is 261 g/mol. The van der Waals surface area contributed by atoms with E-state index in [1.165, 1.54) is 10.4 Å². The molecule has 0 unspecified atom stereocenters. The Kier molecular flexibility index (Phi) is 2.70. The summed E-state index contributed by atoms with van der Waals surface area (Å²) in [7, 11) is 1.82. The second-order valence-corrected chi connectivity index (χ2v) is 5.64. The Morgan fingerprint density at radius 2 is 2.33 bits per heavy atom. The quantitative estimate of drug-likeness (QED) is 0.787. The van der Waals surface area contributed by atoms with Gasteiger partial charge in [0.25, 0.3) is 5.91 Å². The molecule has 2 aromatic heterocycles. The molecule has 2 aromatic rings. The maximum absolute atomic E-state index is 12.4. The Morgan fingerprint density at radius 3 is 3.06 bits per heavy atom. The van der Waals surface area contributed by atoms with Crippen LogP contribution in [-0.2, 0) is 20.0 Å². The predicted molar refractivity (Wildman–Crippen MR) is 70.7 cm³/mol. The summed E-state index contributed by atoms with van der Waals surface area (Å²) in [6.45, 7) is 3.43. The van der Waals surface area contributed by atoms with Gasteiger partial charge in [-0.1, -0.05) is 0 Å². The Morgan fingerprint density at radius 1 is 1.50 bits per heavy atom. The van der Waals surface area contributed by atoms with E-state index in [0.29, 0.717) is 5.69 Å². The molecule has 0 saturated carbocycles. The van der Waals surface area contributed by atoms with Crippen molar-refractivity contribution >= 4 is 17.2 Å². The minimum Gasteiger partial charge on any atom is -0.333 e. The molecule has 18 heavy (non-hydrogen) atoms. The molecule has 3 heterocycles. The third kappa shape index (κ3) is 1.84. The van der Waals surface area contributed by atoms with Crippen molar-refractivity contribution in [2.45, 2.75) is 19.9 Å². The Labute approximate surface area is 110 Å². The lowest BCUT2D eigenvalue weighted by Crippen LogP contribution is -2.36. The van der Waals surface area contributed by atoms with E-state index in [4.69, 9.17) is 0 Å². The molecule has 0 atom stereocenters. The number of hydrogen-bond acceptors (Lipinski definition) is 3. The van der Waals surface area contributed by atoms with E-state index in [1.807, 2.05) is 24.9 Å². The van der Waals surface area contributed by atoms with Gasteiger partial charge >= 0.3 is 0 Å². The van der Waals surface area contributed by atoms with Crippen LogP contribution in [0, 0.1) is 6.92 Å². The zero-order chi connectivity index (χ0) is 12.7. The van der Waals surface area contributed by atoms with E-state index in [2.05, 4.69) is 16.5 Å². The largest absolute Gasteiger partial charge is 0.333 e. The molecule has 0 aromatic carbocycles. The van der Waals surface area contributed by atoms with Crippen LogP contribution >= 0.6 is 11.3 Å². The molecular formula is C13H15N3OS. The van der Waals surface area contributed by atoms with Gasteiger partial charge in [-0.15, -0.1) is 11.3 Å². The van der Waals surface area contributed by atoms with Crippen molar-refractivity contribution in [3.63, 3.8) is 0 Å². The molecule has 0 radical (unpaired) electrons. The molecular weight excluding hydrogens is 246 g/mol. The van der Waals surface area contributed by atoms with Gasteiger partial charge < -0.3 is 4.90 Å². The number of fused-ring (bicyclic) bond motifs is 1. The van der Waals surface area contributed by atoms with Gasteiger partial charge in [0.15, 0.2) is 0 Å². The van der Waals surface area contributed by atoms with Crippen molar-refractivity contribution < 1.29 is 4.79 Å². The van der Waals surface area contributed by atoms with E-state index in [1.54, 1.807) is 16.0 Å². The Balaban J connectivity index is 1.85. The smallest absolute Gasteiger partial charge is 0.272 e. The van der Waals surface area contributed by atoms with Crippen LogP contribution in [0.25, 0.3) is 0 Å². The van der Waals surface area contributed by atoms with E-state index < -0.39 is 0 Å². The van der Waals surface area contributed by atoms with Gasteiger partial charge in [0.05, 0.1) is 5.69 Å². The maximum atomic E-state index is 12.4. The molecule has 0 fully saturated rings. The number of carbonyl (C=O) groups excluding carboxylic acids is 1. The van der Waals surface area contributed by atoms with Crippen LogP contribution in [0.15, 0.2) is 17.5 Å². The van der Waals surface area contributed by atoms with Crippen LogP contribution in [0.5, 0.6) is 0 Å². The first-order chi connectivity index (χ1) is 8.65. The number of aryl methyl sites for hydroxylation is 2. The van der Waals surface area contributed by atoms with Crippen LogP contribution in [0.3, 0.4) is 0 Å². The van der Waals surface area contributed by atoms with Gasteiger partial charge in [-0.3, -0.25) is 9.48 Å². The third-order valence-electron chi connectivity index (χ3n) is 3.32. The molecule has 1 aliphatic rings. The van der Waals surface area contributed by atoms with Crippen molar-refractivity contribution in [2.75, 3.05) is 6.54 Å². The van der Waals surface area contributed by atoms with Crippen LogP contribution < -0.4 is 0 Å². The third-order valence-corrected chi connectivity index (χ3v) is 4.34. The first-order valence-corrected chi connectivity index (χ1v) is 6.88. The highest BCUT2D eigenvalue weighted by Crippen LogP contribution is 2.25. The van der Waals surface area contributed by atoms with E-state index in [9.17, 15) is 4.79 Å². The van der Waals surface area contributed by atoms with E-state index in [-0.39, 0.29) is 5.91 Å². The number of aromatic nitrogens is 2. The summed E-state index contributed by atoms with van der Waals surface area (Å²) in [5.74, 6) is 0.0787. The molecule has 94 valence electrons. The van der Waals surface area contributed by atoms with Gasteiger partial charge in [0.1, 0.15) is 5.69 Å². The SMILES string of the molecule is Cc1cc(C(=O)N2CCc3sccc3C2)n(C)n1. The summed E-state index contributed by atoms with van der Waals surface area (Å²) in [4.78, 5) is 15.8. The summed E-state index contributed by atoms with van der Waals surface area (Å²) in [5, 5.41) is 6.34. The molecule has 0 N–H and O–H groups in total. The highest BCUT2D eigenvalue weighted by Gasteiger charge is 2.24. The van der Waals surface area contributed by atoms with Crippen LogP contribution in [0.2, 0.25) is 0 Å². The fourth-order valence-electron chi connectivity index (χ4n) is 2.39. The minimum absolute atomic E-state index is 0.0787. The first-order valence-electron chi connectivity index (χ1n) is 6.00. The molecule has 1 aliphatic heterocycles. The molecule has 0 spiro atoms. The van der Waals surface area contributed by atoms with E-state index in [0.717, 1.165) is 25.2 Å². The summed E-state index contributed by atoms with van der Waals surface area (Å²) >= 11 is 1.79. The average Bonchev–Trinajstić information content (AvgIpc) is 2.93. The normalized spacial score (nSPS) is 14.7. The molecule has 0 aliphatic carbocycles. The van der Waals surface area contributed by atoms with Gasteiger partial charge in [-0.2, -0.15) is 5.10 Å². The number of amides is 1. The second-order valence-electron chi connectivity index (χ2n) is 4.64. The highest BCUT2D eigenvalue weighted by atomic mass is 32.1. The number of thiophene rings is 1. The fourth-order valence-corrected chi connectivity index (χ4v) is 3.28. The summed E-state index contributed by atoms with van der Waals surface area (Å²) in [5.41, 5.74) is 2.85. The van der Waals surface area contributed by atoms with E-state index >= 15 is 0 Å².